The summed E-state index contributed by atoms with van der Waals surface area (Å²) in [6, 6.07) is 17.5. The summed E-state index contributed by atoms with van der Waals surface area (Å²) in [6.45, 7) is -0.104. The molecular weight excluding hydrogens is 348 g/mol. The number of nitrogens with one attached hydrogen (secondary N) is 2. The summed E-state index contributed by atoms with van der Waals surface area (Å²) in [6.07, 6.45) is 0. The number of anilines is 1. The Hall–Kier alpha value is -2.98. The second-order valence-electron chi connectivity index (χ2n) is 5.53. The fraction of sp³-hybridized carbons (Fsp3) is 0.211. The van der Waals surface area contributed by atoms with Crippen LogP contribution in [0, 0.1) is 11.3 Å². The molecule has 0 bridgehead atoms. The predicted molar refractivity (Wildman–Crippen MR) is 103 cm³/mol. The maximum Gasteiger partial charge on any atom is 0.252 e. The van der Waals surface area contributed by atoms with Gasteiger partial charge < -0.3 is 16.4 Å². The zero-order valence-corrected chi connectivity index (χ0v) is 15.0. The number of hydrogen-bond donors (Lipinski definition) is 3. The second-order valence-corrected chi connectivity index (χ2v) is 6.56. The van der Waals surface area contributed by atoms with Crippen molar-refractivity contribution in [2.24, 2.45) is 0 Å². The van der Waals surface area contributed by atoms with Gasteiger partial charge in [0.2, 0.25) is 5.91 Å². The fourth-order valence-corrected chi connectivity index (χ4v) is 3.24. The number of nitriles is 1. The van der Waals surface area contributed by atoms with E-state index in [9.17, 15) is 9.59 Å². The first-order valence-corrected chi connectivity index (χ1v) is 9.18. The minimum atomic E-state index is -0.744. The third kappa shape index (κ3) is 6.15. The average molecular weight is 368 g/mol. The molecule has 0 heterocycles. The molecular formula is C19H20N4O2S. The van der Waals surface area contributed by atoms with Gasteiger partial charge in [-0.25, -0.2) is 0 Å². The minimum absolute atomic E-state index is 0.104. The number of nitrogen functional groups attached to an aromatic ring is 1. The van der Waals surface area contributed by atoms with E-state index in [-0.39, 0.29) is 18.4 Å². The van der Waals surface area contributed by atoms with Crippen LogP contribution < -0.4 is 16.4 Å². The van der Waals surface area contributed by atoms with Crippen molar-refractivity contribution in [1.29, 1.82) is 5.26 Å². The van der Waals surface area contributed by atoms with Gasteiger partial charge in [0.15, 0.2) is 0 Å². The molecule has 0 fully saturated rings. The molecule has 2 amide bonds. The molecule has 2 rings (SSSR count). The Morgan fingerprint density at radius 3 is 2.62 bits per heavy atom. The second kappa shape index (κ2) is 10.1. The first kappa shape index (κ1) is 19.3. The van der Waals surface area contributed by atoms with Gasteiger partial charge in [0.05, 0.1) is 6.07 Å². The summed E-state index contributed by atoms with van der Waals surface area (Å²) < 4.78 is 0. The molecule has 0 aromatic heterocycles. The molecule has 6 nitrogen and oxygen atoms in total. The topological polar surface area (TPSA) is 108 Å². The van der Waals surface area contributed by atoms with Gasteiger partial charge in [-0.15, -0.1) is 0 Å². The van der Waals surface area contributed by atoms with Crippen LogP contribution in [0.2, 0.25) is 0 Å². The van der Waals surface area contributed by atoms with E-state index in [0.29, 0.717) is 17.0 Å². The lowest BCUT2D eigenvalue weighted by Gasteiger charge is -2.17. The van der Waals surface area contributed by atoms with Crippen LogP contribution in [-0.4, -0.2) is 30.2 Å². The van der Waals surface area contributed by atoms with Gasteiger partial charge in [0.1, 0.15) is 12.6 Å². The summed E-state index contributed by atoms with van der Waals surface area (Å²) in [7, 11) is 0. The molecule has 0 aliphatic heterocycles. The van der Waals surface area contributed by atoms with Crippen molar-refractivity contribution < 1.29 is 9.59 Å². The monoisotopic (exact) mass is 368 g/mol. The van der Waals surface area contributed by atoms with E-state index in [2.05, 4.69) is 10.6 Å². The quantitative estimate of drug-likeness (QED) is 0.487. The standard InChI is InChI=1S/C19H20N4O2S/c20-9-10-22-19(25)17(13-26-12-14-5-2-1-3-6-14)23-18(24)15-7-4-8-16(21)11-15/h1-8,11,17H,10,12-13,21H2,(H,22,25)(H,23,24). The number of carbonyl (C=O) groups is 2. The average Bonchev–Trinajstić information content (AvgIpc) is 2.66. The fourth-order valence-electron chi connectivity index (χ4n) is 2.22. The molecule has 7 heteroatoms. The van der Waals surface area contributed by atoms with Crippen LogP contribution in [0.25, 0.3) is 0 Å². The zero-order chi connectivity index (χ0) is 18.8. The molecule has 2 aromatic carbocycles. The van der Waals surface area contributed by atoms with Crippen LogP contribution in [0.5, 0.6) is 0 Å². The highest BCUT2D eigenvalue weighted by molar-refractivity contribution is 7.98. The Labute approximate surface area is 156 Å². The van der Waals surface area contributed by atoms with Crippen LogP contribution in [-0.2, 0) is 10.5 Å². The van der Waals surface area contributed by atoms with E-state index < -0.39 is 6.04 Å². The Morgan fingerprint density at radius 2 is 1.92 bits per heavy atom. The van der Waals surface area contributed by atoms with E-state index in [4.69, 9.17) is 11.0 Å². The lowest BCUT2D eigenvalue weighted by atomic mass is 10.1. The Balaban J connectivity index is 1.99. The summed E-state index contributed by atoms with van der Waals surface area (Å²) in [5.74, 6) is 0.344. The molecule has 0 aliphatic carbocycles. The van der Waals surface area contributed by atoms with Crippen molar-refractivity contribution in [3.05, 3.63) is 65.7 Å². The van der Waals surface area contributed by atoms with Crippen LogP contribution in [0.15, 0.2) is 54.6 Å². The van der Waals surface area contributed by atoms with E-state index in [1.54, 1.807) is 24.3 Å². The summed E-state index contributed by atoms with van der Waals surface area (Å²) >= 11 is 1.53. The maximum absolute atomic E-state index is 12.4. The van der Waals surface area contributed by atoms with Crippen molar-refractivity contribution in [3.8, 4) is 6.07 Å². The highest BCUT2D eigenvalue weighted by Crippen LogP contribution is 2.14. The van der Waals surface area contributed by atoms with Crippen LogP contribution in [0.4, 0.5) is 5.69 Å². The number of nitrogens with zero attached hydrogens (tertiary/aromatic N) is 1. The predicted octanol–water partition coefficient (Wildman–Crippen LogP) is 1.94. The maximum atomic E-state index is 12.4. The summed E-state index contributed by atoms with van der Waals surface area (Å²) in [5, 5.41) is 13.9. The minimum Gasteiger partial charge on any atom is -0.399 e. The number of benzene rings is 2. The van der Waals surface area contributed by atoms with E-state index in [1.807, 2.05) is 36.4 Å². The Kier molecular flexibility index (Phi) is 7.52. The van der Waals surface area contributed by atoms with Crippen LogP contribution in [0.1, 0.15) is 15.9 Å². The number of nitrogens with two attached hydrogens (primary N) is 1. The molecule has 0 saturated heterocycles. The summed E-state index contributed by atoms with van der Waals surface area (Å²) in [4.78, 5) is 24.7. The van der Waals surface area contributed by atoms with E-state index in [0.717, 1.165) is 11.3 Å². The molecule has 2 aromatic rings. The lowest BCUT2D eigenvalue weighted by molar-refractivity contribution is -0.122. The molecule has 0 spiro atoms. The van der Waals surface area contributed by atoms with E-state index >= 15 is 0 Å². The van der Waals surface area contributed by atoms with Crippen LogP contribution >= 0.6 is 11.8 Å². The molecule has 0 saturated carbocycles. The van der Waals surface area contributed by atoms with Gasteiger partial charge >= 0.3 is 0 Å². The smallest absolute Gasteiger partial charge is 0.252 e. The first-order chi connectivity index (χ1) is 12.6. The molecule has 1 unspecified atom stereocenters. The van der Waals surface area contributed by atoms with Gasteiger partial charge in [-0.3, -0.25) is 9.59 Å². The Bertz CT molecular complexity index is 790. The van der Waals surface area contributed by atoms with Gasteiger partial charge in [0.25, 0.3) is 5.91 Å². The number of carbonyl (C=O) groups excluding carboxylic acids is 2. The molecule has 0 radical (unpaired) electrons. The third-order valence-corrected chi connectivity index (χ3v) is 4.61. The molecule has 4 N–H and O–H groups in total. The molecule has 134 valence electrons. The van der Waals surface area contributed by atoms with E-state index in [1.165, 1.54) is 11.8 Å². The van der Waals surface area contributed by atoms with Crippen molar-refractivity contribution >= 4 is 29.3 Å². The van der Waals surface area contributed by atoms with Crippen molar-refractivity contribution in [3.63, 3.8) is 0 Å². The molecule has 26 heavy (non-hydrogen) atoms. The van der Waals surface area contributed by atoms with Gasteiger partial charge in [-0.2, -0.15) is 17.0 Å². The van der Waals surface area contributed by atoms with Gasteiger partial charge in [0, 0.05) is 22.8 Å². The number of rotatable bonds is 8. The first-order valence-electron chi connectivity index (χ1n) is 8.03. The van der Waals surface area contributed by atoms with Gasteiger partial charge in [-0.05, 0) is 23.8 Å². The number of amides is 2. The lowest BCUT2D eigenvalue weighted by Crippen LogP contribution is -2.48. The highest BCUT2D eigenvalue weighted by atomic mass is 32.2. The zero-order valence-electron chi connectivity index (χ0n) is 14.1. The highest BCUT2D eigenvalue weighted by Gasteiger charge is 2.21. The number of thioether (sulfide) groups is 1. The summed E-state index contributed by atoms with van der Waals surface area (Å²) in [5.41, 5.74) is 7.69. The van der Waals surface area contributed by atoms with Gasteiger partial charge in [-0.1, -0.05) is 36.4 Å². The van der Waals surface area contributed by atoms with Crippen LogP contribution in [0.3, 0.4) is 0 Å². The molecule has 1 atom stereocenters. The number of hydrogen-bond acceptors (Lipinski definition) is 5. The van der Waals surface area contributed by atoms with Crippen molar-refractivity contribution in [1.82, 2.24) is 10.6 Å². The van der Waals surface area contributed by atoms with Crippen molar-refractivity contribution in [2.45, 2.75) is 11.8 Å². The Morgan fingerprint density at radius 1 is 1.15 bits per heavy atom. The van der Waals surface area contributed by atoms with Crippen molar-refractivity contribution in [2.75, 3.05) is 18.0 Å². The largest absolute Gasteiger partial charge is 0.399 e. The molecule has 0 aliphatic rings. The SMILES string of the molecule is N#CCNC(=O)C(CSCc1ccccc1)NC(=O)c1cccc(N)c1. The normalized spacial score (nSPS) is 11.2. The third-order valence-electron chi connectivity index (χ3n) is 3.51.